The number of rotatable bonds is 6. The fourth-order valence-corrected chi connectivity index (χ4v) is 2.65. The van der Waals surface area contributed by atoms with E-state index < -0.39 is 10.2 Å². The number of aliphatic hydroxyl groups is 1. The number of benzene rings is 1. The molecule has 21 heavy (non-hydrogen) atoms. The molecule has 0 aliphatic rings. The van der Waals surface area contributed by atoms with Crippen molar-refractivity contribution in [2.75, 3.05) is 13.7 Å². The van der Waals surface area contributed by atoms with Crippen LogP contribution in [0.2, 0.25) is 0 Å². The molecule has 0 aromatic heterocycles. The lowest BCUT2D eigenvalue weighted by molar-refractivity contribution is 0.305. The van der Waals surface area contributed by atoms with E-state index in [0.717, 1.165) is 11.1 Å². The van der Waals surface area contributed by atoms with Crippen LogP contribution in [0, 0.1) is 11.8 Å². The van der Waals surface area contributed by atoms with E-state index in [1.165, 1.54) is 4.31 Å². The largest absolute Gasteiger partial charge is 0.395 e. The van der Waals surface area contributed by atoms with Gasteiger partial charge in [0, 0.05) is 31.6 Å². The highest BCUT2D eigenvalue weighted by Crippen LogP contribution is 2.09. The maximum atomic E-state index is 12.1. The maximum Gasteiger partial charge on any atom is 0.279 e. The molecule has 1 aromatic carbocycles. The molecule has 1 aromatic rings. The molecule has 0 heterocycles. The number of hydrogen-bond acceptors (Lipinski definition) is 3. The topological polar surface area (TPSA) is 69.6 Å². The van der Waals surface area contributed by atoms with E-state index in [1.807, 2.05) is 38.1 Å². The van der Waals surface area contributed by atoms with Gasteiger partial charge in [0.2, 0.25) is 0 Å². The Morgan fingerprint density at radius 2 is 2.00 bits per heavy atom. The third kappa shape index (κ3) is 5.48. The van der Waals surface area contributed by atoms with Gasteiger partial charge in [-0.3, -0.25) is 0 Å². The first-order valence-electron chi connectivity index (χ1n) is 6.78. The van der Waals surface area contributed by atoms with Crippen LogP contribution in [0.1, 0.15) is 31.4 Å². The van der Waals surface area contributed by atoms with E-state index in [9.17, 15) is 8.42 Å². The molecule has 0 fully saturated rings. The summed E-state index contributed by atoms with van der Waals surface area (Å²) in [6, 6.07) is 7.25. The molecule has 0 saturated heterocycles. The highest BCUT2D eigenvalue weighted by atomic mass is 32.2. The van der Waals surface area contributed by atoms with Gasteiger partial charge in [0.15, 0.2) is 0 Å². The van der Waals surface area contributed by atoms with Crippen molar-refractivity contribution in [1.82, 2.24) is 9.03 Å². The summed E-state index contributed by atoms with van der Waals surface area (Å²) in [5, 5.41) is 8.74. The normalized spacial score (nSPS) is 11.5. The van der Waals surface area contributed by atoms with Gasteiger partial charge in [-0.1, -0.05) is 30.0 Å². The summed E-state index contributed by atoms with van der Waals surface area (Å²) in [6.45, 7) is 3.82. The maximum absolute atomic E-state index is 12.1. The number of nitrogens with one attached hydrogen (secondary N) is 1. The summed E-state index contributed by atoms with van der Waals surface area (Å²) < 4.78 is 28.0. The van der Waals surface area contributed by atoms with Gasteiger partial charge in [-0.2, -0.15) is 17.4 Å². The molecule has 5 nitrogen and oxygen atoms in total. The summed E-state index contributed by atoms with van der Waals surface area (Å²) in [7, 11) is -1.96. The Hall–Kier alpha value is -1.39. The smallest absolute Gasteiger partial charge is 0.279 e. The van der Waals surface area contributed by atoms with Crippen molar-refractivity contribution in [2.45, 2.75) is 32.9 Å². The molecule has 116 valence electrons. The van der Waals surface area contributed by atoms with Crippen LogP contribution in [0.5, 0.6) is 0 Å². The molecule has 0 aliphatic heterocycles. The predicted molar refractivity (Wildman–Crippen MR) is 83.7 cm³/mol. The van der Waals surface area contributed by atoms with E-state index in [2.05, 4.69) is 16.6 Å². The second-order valence-electron chi connectivity index (χ2n) is 4.87. The second kappa shape index (κ2) is 8.15. The molecule has 0 unspecified atom stereocenters. The minimum absolute atomic E-state index is 0.0149. The fraction of sp³-hybridized carbons (Fsp3) is 0.467. The molecular formula is C15H22N2O3S. The highest BCUT2D eigenvalue weighted by molar-refractivity contribution is 7.87. The van der Waals surface area contributed by atoms with Crippen molar-refractivity contribution in [3.63, 3.8) is 0 Å². The summed E-state index contributed by atoms with van der Waals surface area (Å²) in [6.07, 6.45) is 0.399. The lowest BCUT2D eigenvalue weighted by Gasteiger charge is -2.21. The van der Waals surface area contributed by atoms with Crippen LogP contribution in [0.25, 0.3) is 0 Å². The molecule has 2 N–H and O–H groups in total. The lowest BCUT2D eigenvalue weighted by atomic mass is 10.1. The van der Waals surface area contributed by atoms with E-state index in [-0.39, 0.29) is 19.2 Å². The van der Waals surface area contributed by atoms with Crippen LogP contribution < -0.4 is 4.72 Å². The highest BCUT2D eigenvalue weighted by Gasteiger charge is 2.19. The van der Waals surface area contributed by atoms with Crippen molar-refractivity contribution >= 4 is 10.2 Å². The van der Waals surface area contributed by atoms with Gasteiger partial charge in [-0.05, 0) is 25.5 Å². The Bertz CT molecular complexity index is 615. The van der Waals surface area contributed by atoms with Crippen LogP contribution >= 0.6 is 0 Å². The second-order valence-corrected chi connectivity index (χ2v) is 6.68. The average molecular weight is 310 g/mol. The zero-order valence-corrected chi connectivity index (χ0v) is 13.4. The third-order valence-electron chi connectivity index (χ3n) is 3.03. The first kappa shape index (κ1) is 17.7. The Balaban J connectivity index is 2.83. The molecule has 0 aliphatic carbocycles. The van der Waals surface area contributed by atoms with Crippen molar-refractivity contribution in [3.8, 4) is 11.8 Å². The SMILES string of the molecule is CC(C)N(C)S(=O)(=O)NCc1ccccc1C#CCCO. The van der Waals surface area contributed by atoms with Gasteiger partial charge in [-0.15, -0.1) is 0 Å². The zero-order valence-electron chi connectivity index (χ0n) is 12.6. The summed E-state index contributed by atoms with van der Waals surface area (Å²) in [5.74, 6) is 5.79. The first-order chi connectivity index (χ1) is 9.88. The van der Waals surface area contributed by atoms with E-state index in [1.54, 1.807) is 7.05 Å². The third-order valence-corrected chi connectivity index (χ3v) is 4.72. The average Bonchev–Trinajstić information content (AvgIpc) is 2.45. The molecule has 0 atom stereocenters. The Morgan fingerprint density at radius 3 is 2.62 bits per heavy atom. The Morgan fingerprint density at radius 1 is 1.33 bits per heavy atom. The zero-order chi connectivity index (χ0) is 15.9. The Labute approximate surface area is 127 Å². The molecule has 0 amide bonds. The summed E-state index contributed by atoms with van der Waals surface area (Å²) >= 11 is 0. The predicted octanol–water partition coefficient (Wildman–Crippen LogP) is 1.10. The number of hydrogen-bond donors (Lipinski definition) is 2. The van der Waals surface area contributed by atoms with Crippen LogP contribution in [-0.2, 0) is 16.8 Å². The first-order valence-corrected chi connectivity index (χ1v) is 8.22. The minimum atomic E-state index is -3.50. The van der Waals surface area contributed by atoms with E-state index in [0.29, 0.717) is 6.42 Å². The monoisotopic (exact) mass is 310 g/mol. The molecule has 1 rings (SSSR count). The van der Waals surface area contributed by atoms with Crippen molar-refractivity contribution < 1.29 is 13.5 Å². The van der Waals surface area contributed by atoms with Crippen molar-refractivity contribution in [3.05, 3.63) is 35.4 Å². The number of nitrogens with zero attached hydrogens (tertiary/aromatic N) is 1. The standard InChI is InChI=1S/C15H22N2O3S/c1-13(2)17(3)21(19,20)16-12-15-10-5-4-8-14(15)9-6-7-11-18/h4-5,8,10,13,16,18H,7,11-12H2,1-3H3. The van der Waals surface area contributed by atoms with Crippen molar-refractivity contribution in [1.29, 1.82) is 0 Å². The lowest BCUT2D eigenvalue weighted by Crippen LogP contribution is -2.41. The van der Waals surface area contributed by atoms with E-state index in [4.69, 9.17) is 5.11 Å². The molecule has 0 spiro atoms. The Kier molecular flexibility index (Phi) is 6.85. The van der Waals surface area contributed by atoms with Crippen LogP contribution in [0.4, 0.5) is 0 Å². The molecule has 0 bridgehead atoms. The van der Waals surface area contributed by atoms with E-state index >= 15 is 0 Å². The van der Waals surface area contributed by atoms with Crippen LogP contribution in [0.3, 0.4) is 0 Å². The van der Waals surface area contributed by atoms with Crippen LogP contribution in [0.15, 0.2) is 24.3 Å². The molecular weight excluding hydrogens is 288 g/mol. The number of aliphatic hydroxyl groups excluding tert-OH is 1. The quantitative estimate of drug-likeness (QED) is 0.773. The van der Waals surface area contributed by atoms with Gasteiger partial charge in [0.1, 0.15) is 0 Å². The van der Waals surface area contributed by atoms with Gasteiger partial charge >= 0.3 is 0 Å². The van der Waals surface area contributed by atoms with Gasteiger partial charge < -0.3 is 5.11 Å². The van der Waals surface area contributed by atoms with Crippen molar-refractivity contribution in [2.24, 2.45) is 0 Å². The molecule has 6 heteroatoms. The van der Waals surface area contributed by atoms with Gasteiger partial charge in [-0.25, -0.2) is 0 Å². The van der Waals surface area contributed by atoms with Crippen LogP contribution in [-0.4, -0.2) is 37.5 Å². The molecule has 0 radical (unpaired) electrons. The minimum Gasteiger partial charge on any atom is -0.395 e. The summed E-state index contributed by atoms with van der Waals surface area (Å²) in [4.78, 5) is 0. The van der Waals surface area contributed by atoms with Gasteiger partial charge in [0.25, 0.3) is 10.2 Å². The fourth-order valence-electron chi connectivity index (χ4n) is 1.56. The molecule has 0 saturated carbocycles. The van der Waals surface area contributed by atoms with Gasteiger partial charge in [0.05, 0.1) is 6.61 Å². The summed E-state index contributed by atoms with van der Waals surface area (Å²) in [5.41, 5.74) is 1.57.